The van der Waals surface area contributed by atoms with Crippen LogP contribution >= 0.6 is 0 Å². The highest BCUT2D eigenvalue weighted by atomic mass is 16.5. The summed E-state index contributed by atoms with van der Waals surface area (Å²) in [4.78, 5) is 22.0. The first kappa shape index (κ1) is 16.3. The van der Waals surface area contributed by atoms with Crippen LogP contribution in [0.3, 0.4) is 0 Å². The van der Waals surface area contributed by atoms with Crippen molar-refractivity contribution in [2.24, 2.45) is 0 Å². The minimum Gasteiger partial charge on any atom is -0.489 e. The summed E-state index contributed by atoms with van der Waals surface area (Å²) in [7, 11) is 0. The largest absolute Gasteiger partial charge is 0.489 e. The van der Waals surface area contributed by atoms with Gasteiger partial charge in [0.05, 0.1) is 5.70 Å². The number of carboxylic acid groups (broad SMARTS) is 1. The van der Waals surface area contributed by atoms with Crippen LogP contribution in [0.1, 0.15) is 18.1 Å². The average Bonchev–Trinajstić information content (AvgIpc) is 2.53. The average molecular weight is 311 g/mol. The van der Waals surface area contributed by atoms with Gasteiger partial charge < -0.3 is 15.2 Å². The van der Waals surface area contributed by atoms with E-state index >= 15 is 0 Å². The van der Waals surface area contributed by atoms with E-state index in [4.69, 9.17) is 9.84 Å². The fourth-order valence-corrected chi connectivity index (χ4v) is 1.98. The third kappa shape index (κ3) is 5.32. The number of nitrogens with one attached hydrogen (secondary N) is 1. The molecule has 0 saturated carbocycles. The summed E-state index contributed by atoms with van der Waals surface area (Å²) in [6.45, 7) is 1.77. The number of benzene rings is 2. The quantitative estimate of drug-likeness (QED) is 0.804. The Morgan fingerprint density at radius 1 is 1.09 bits per heavy atom. The predicted molar refractivity (Wildman–Crippen MR) is 86.6 cm³/mol. The van der Waals surface area contributed by atoms with Gasteiger partial charge in [-0.3, -0.25) is 4.79 Å². The van der Waals surface area contributed by atoms with E-state index in [1.807, 2.05) is 30.3 Å². The summed E-state index contributed by atoms with van der Waals surface area (Å²) in [5.41, 5.74) is 1.88. The first-order valence-corrected chi connectivity index (χ1v) is 7.04. The zero-order valence-corrected chi connectivity index (χ0v) is 12.7. The van der Waals surface area contributed by atoms with Gasteiger partial charge in [0.1, 0.15) is 12.4 Å². The van der Waals surface area contributed by atoms with Crippen LogP contribution in [0.4, 0.5) is 0 Å². The van der Waals surface area contributed by atoms with Crippen LogP contribution in [0.25, 0.3) is 5.70 Å². The van der Waals surface area contributed by atoms with Crippen LogP contribution in [-0.2, 0) is 16.2 Å². The van der Waals surface area contributed by atoms with Crippen molar-refractivity contribution in [3.63, 3.8) is 0 Å². The van der Waals surface area contributed by atoms with Crippen LogP contribution in [0.5, 0.6) is 5.75 Å². The Hall–Kier alpha value is -3.08. The molecule has 23 heavy (non-hydrogen) atoms. The molecule has 0 unspecified atom stereocenters. The third-order valence-electron chi connectivity index (χ3n) is 2.99. The summed E-state index contributed by atoms with van der Waals surface area (Å²) < 4.78 is 5.67. The van der Waals surface area contributed by atoms with Crippen molar-refractivity contribution >= 4 is 17.6 Å². The van der Waals surface area contributed by atoms with Gasteiger partial charge >= 0.3 is 5.97 Å². The molecule has 0 fully saturated rings. The second kappa shape index (κ2) is 7.79. The van der Waals surface area contributed by atoms with E-state index in [1.165, 1.54) is 6.92 Å². The maximum atomic E-state index is 11.2. The van der Waals surface area contributed by atoms with Crippen molar-refractivity contribution in [1.29, 1.82) is 0 Å². The molecule has 1 amide bonds. The van der Waals surface area contributed by atoms with Crippen molar-refractivity contribution in [3.8, 4) is 5.75 Å². The number of aliphatic carboxylic acids is 1. The van der Waals surface area contributed by atoms with Gasteiger partial charge in [0.2, 0.25) is 5.91 Å². The van der Waals surface area contributed by atoms with Gasteiger partial charge in [0, 0.05) is 13.0 Å². The Labute approximate surface area is 134 Å². The van der Waals surface area contributed by atoms with Crippen LogP contribution in [0, 0.1) is 0 Å². The molecule has 0 saturated heterocycles. The van der Waals surface area contributed by atoms with Gasteiger partial charge in [-0.15, -0.1) is 0 Å². The maximum absolute atomic E-state index is 11.2. The molecule has 0 radical (unpaired) electrons. The van der Waals surface area contributed by atoms with E-state index in [1.54, 1.807) is 24.3 Å². The van der Waals surface area contributed by atoms with Gasteiger partial charge in [0.25, 0.3) is 0 Å². The van der Waals surface area contributed by atoms with Crippen LogP contribution in [0.2, 0.25) is 0 Å². The minimum absolute atomic E-state index is 0.236. The molecular formula is C18H17NO4. The lowest BCUT2D eigenvalue weighted by molar-refractivity contribution is -0.131. The molecule has 5 nitrogen and oxygen atoms in total. The molecule has 5 heteroatoms. The van der Waals surface area contributed by atoms with E-state index in [0.29, 0.717) is 17.9 Å². The lowest BCUT2D eigenvalue weighted by atomic mass is 10.1. The third-order valence-corrected chi connectivity index (χ3v) is 2.99. The summed E-state index contributed by atoms with van der Waals surface area (Å²) in [6.07, 6.45) is 0.960. The lowest BCUT2D eigenvalue weighted by Crippen LogP contribution is -2.19. The number of hydrogen-bond acceptors (Lipinski definition) is 3. The molecule has 118 valence electrons. The fourth-order valence-electron chi connectivity index (χ4n) is 1.98. The van der Waals surface area contributed by atoms with Crippen molar-refractivity contribution in [2.75, 3.05) is 0 Å². The topological polar surface area (TPSA) is 75.6 Å². The first-order chi connectivity index (χ1) is 11.0. The van der Waals surface area contributed by atoms with E-state index in [9.17, 15) is 9.59 Å². The smallest absolute Gasteiger partial charge is 0.330 e. The highest BCUT2D eigenvalue weighted by Crippen LogP contribution is 2.18. The Morgan fingerprint density at radius 2 is 1.74 bits per heavy atom. The highest BCUT2D eigenvalue weighted by molar-refractivity contribution is 5.94. The Kier molecular flexibility index (Phi) is 5.52. The number of carbonyl (C=O) groups excluding carboxylic acids is 1. The van der Waals surface area contributed by atoms with E-state index in [2.05, 4.69) is 5.32 Å². The Morgan fingerprint density at radius 3 is 2.30 bits per heavy atom. The zero-order chi connectivity index (χ0) is 16.7. The van der Waals surface area contributed by atoms with Crippen molar-refractivity contribution in [3.05, 3.63) is 71.8 Å². The Balaban J connectivity index is 2.08. The molecule has 0 aliphatic carbocycles. The second-order valence-electron chi connectivity index (χ2n) is 4.88. The molecule has 0 spiro atoms. The van der Waals surface area contributed by atoms with Crippen LogP contribution < -0.4 is 10.1 Å². The van der Waals surface area contributed by atoms with Crippen molar-refractivity contribution < 1.29 is 19.4 Å². The summed E-state index contributed by atoms with van der Waals surface area (Å²) in [5.74, 6) is -0.796. The number of carbonyl (C=O) groups is 2. The molecule has 2 aromatic carbocycles. The monoisotopic (exact) mass is 311 g/mol. The molecule has 0 bridgehead atoms. The number of rotatable bonds is 6. The lowest BCUT2D eigenvalue weighted by Gasteiger charge is -2.10. The normalized spacial score (nSPS) is 10.9. The van der Waals surface area contributed by atoms with Gasteiger partial charge in [-0.1, -0.05) is 30.3 Å². The molecular weight excluding hydrogens is 294 g/mol. The minimum atomic E-state index is -1.13. The zero-order valence-electron chi connectivity index (χ0n) is 12.7. The second-order valence-corrected chi connectivity index (χ2v) is 4.88. The molecule has 2 N–H and O–H groups in total. The van der Waals surface area contributed by atoms with Crippen molar-refractivity contribution in [1.82, 2.24) is 5.32 Å². The van der Waals surface area contributed by atoms with Gasteiger partial charge in [-0.25, -0.2) is 4.79 Å². The Bertz CT molecular complexity index is 706. The van der Waals surface area contributed by atoms with E-state index in [-0.39, 0.29) is 11.6 Å². The maximum Gasteiger partial charge on any atom is 0.330 e. The molecule has 0 aliphatic heterocycles. The molecule has 2 aromatic rings. The number of carboxylic acids is 1. The molecule has 0 aliphatic rings. The fraction of sp³-hybridized carbons (Fsp3) is 0.111. The summed E-state index contributed by atoms with van der Waals surface area (Å²) >= 11 is 0. The molecule has 0 aromatic heterocycles. The van der Waals surface area contributed by atoms with Crippen LogP contribution in [-0.4, -0.2) is 17.0 Å². The van der Waals surface area contributed by atoms with Gasteiger partial charge in [-0.05, 0) is 35.4 Å². The molecule has 0 heterocycles. The number of ether oxygens (including phenoxy) is 1. The molecule has 0 atom stereocenters. The first-order valence-electron chi connectivity index (χ1n) is 7.04. The van der Waals surface area contributed by atoms with Gasteiger partial charge in [-0.2, -0.15) is 0 Å². The predicted octanol–water partition coefficient (Wildman–Crippen LogP) is 2.83. The standard InChI is InChI=1S/C18H17NO4/c1-13(20)19-17(11-18(21)22)15-7-9-16(10-8-15)23-12-14-5-3-2-4-6-14/h2-11H,12H2,1H3,(H,19,20)(H,21,22). The highest BCUT2D eigenvalue weighted by Gasteiger charge is 2.06. The van der Waals surface area contributed by atoms with Gasteiger partial charge in [0.15, 0.2) is 0 Å². The number of hydrogen-bond donors (Lipinski definition) is 2. The van der Waals surface area contributed by atoms with E-state index < -0.39 is 5.97 Å². The summed E-state index contributed by atoms with van der Waals surface area (Å²) in [5, 5.41) is 11.4. The van der Waals surface area contributed by atoms with E-state index in [0.717, 1.165) is 11.6 Å². The SMILES string of the molecule is CC(=O)NC(=CC(=O)O)c1ccc(OCc2ccccc2)cc1. The number of amides is 1. The summed E-state index contributed by atoms with van der Waals surface area (Å²) in [6, 6.07) is 16.6. The molecule has 2 rings (SSSR count). The van der Waals surface area contributed by atoms with Crippen LogP contribution in [0.15, 0.2) is 60.7 Å². The van der Waals surface area contributed by atoms with Crippen molar-refractivity contribution in [2.45, 2.75) is 13.5 Å².